The lowest BCUT2D eigenvalue weighted by atomic mass is 10.1. The minimum atomic E-state index is 0.667. The van der Waals surface area contributed by atoms with Crippen molar-refractivity contribution < 1.29 is 14.5 Å². The molecule has 4 nitrogen and oxygen atoms in total. The molecule has 2 aromatic rings. The van der Waals surface area contributed by atoms with Crippen molar-refractivity contribution in [2.45, 2.75) is 0 Å². The lowest BCUT2D eigenvalue weighted by Crippen LogP contribution is -2.07. The van der Waals surface area contributed by atoms with Crippen LogP contribution in [0.1, 0.15) is 0 Å². The van der Waals surface area contributed by atoms with Gasteiger partial charge in [0, 0.05) is 5.38 Å². The molecule has 0 atom stereocenters. The van der Waals surface area contributed by atoms with Gasteiger partial charge in [0.2, 0.25) is 0 Å². The lowest BCUT2D eigenvalue weighted by Gasteiger charge is -2.07. The number of hydrogen-bond donors (Lipinski definition) is 1. The molecule has 0 bridgehead atoms. The third kappa shape index (κ3) is 1.94. The Bertz CT molecular complexity index is 496. The first-order valence-electron chi connectivity index (χ1n) is 4.73. The van der Waals surface area contributed by atoms with E-state index in [4.69, 9.17) is 15.2 Å². The standard InChI is InChI=1S/C11H12N2O2S/c1-14-7-3-4-10(15-2)8(5-7)9-6-16-11(12)13-9/h3-6H,1-2H3,(H2,12,13)/p+1. The van der Waals surface area contributed by atoms with Gasteiger partial charge in [0.25, 0.3) is 0 Å². The van der Waals surface area contributed by atoms with Gasteiger partial charge in [0.15, 0.2) is 0 Å². The molecule has 0 amide bonds. The summed E-state index contributed by atoms with van der Waals surface area (Å²) in [5, 5.41) is 2.62. The van der Waals surface area contributed by atoms with Crippen molar-refractivity contribution in [3.63, 3.8) is 0 Å². The van der Waals surface area contributed by atoms with Crippen molar-refractivity contribution >= 4 is 16.5 Å². The highest BCUT2D eigenvalue weighted by Gasteiger charge is 2.13. The summed E-state index contributed by atoms with van der Waals surface area (Å²) in [4.78, 5) is 3.08. The first-order chi connectivity index (χ1) is 7.74. The van der Waals surface area contributed by atoms with Crippen LogP contribution in [-0.4, -0.2) is 14.2 Å². The van der Waals surface area contributed by atoms with Gasteiger partial charge >= 0.3 is 5.13 Å². The number of anilines is 1. The number of rotatable bonds is 3. The summed E-state index contributed by atoms with van der Waals surface area (Å²) < 4.78 is 10.5. The second-order valence-electron chi connectivity index (χ2n) is 3.20. The molecule has 1 heterocycles. The van der Waals surface area contributed by atoms with Gasteiger partial charge < -0.3 is 9.47 Å². The number of nitrogen functional groups attached to an aromatic ring is 1. The third-order valence-electron chi connectivity index (χ3n) is 2.26. The molecule has 2 rings (SSSR count). The topological polar surface area (TPSA) is 58.6 Å². The Hall–Kier alpha value is -1.75. The maximum absolute atomic E-state index is 5.67. The number of aromatic amines is 1. The summed E-state index contributed by atoms with van der Waals surface area (Å²) in [6.45, 7) is 0. The molecule has 1 aromatic carbocycles. The van der Waals surface area contributed by atoms with E-state index in [1.54, 1.807) is 14.2 Å². The van der Waals surface area contributed by atoms with Crippen molar-refractivity contribution in [1.82, 2.24) is 0 Å². The van der Waals surface area contributed by atoms with E-state index in [0.29, 0.717) is 5.13 Å². The van der Waals surface area contributed by atoms with Gasteiger partial charge in [-0.2, -0.15) is 0 Å². The van der Waals surface area contributed by atoms with Crippen molar-refractivity contribution in [1.29, 1.82) is 0 Å². The summed E-state index contributed by atoms with van der Waals surface area (Å²) in [5.74, 6) is 1.57. The Morgan fingerprint density at radius 2 is 2.06 bits per heavy atom. The fourth-order valence-electron chi connectivity index (χ4n) is 1.47. The maximum Gasteiger partial charge on any atom is 0.329 e. The second-order valence-corrected chi connectivity index (χ2v) is 4.12. The van der Waals surface area contributed by atoms with Gasteiger partial charge in [0.05, 0.1) is 19.8 Å². The van der Waals surface area contributed by atoms with E-state index >= 15 is 0 Å². The minimum Gasteiger partial charge on any atom is -0.497 e. The SMILES string of the molecule is COc1ccc(OC)c(-c2csc(N)[nH+]2)c1. The fraction of sp³-hybridized carbons (Fsp3) is 0.182. The molecule has 0 aliphatic carbocycles. The lowest BCUT2D eigenvalue weighted by molar-refractivity contribution is -0.340. The number of nitrogens with one attached hydrogen (secondary N) is 1. The zero-order valence-electron chi connectivity index (χ0n) is 9.11. The number of thiazole rings is 1. The van der Waals surface area contributed by atoms with E-state index in [9.17, 15) is 0 Å². The van der Waals surface area contributed by atoms with Crippen molar-refractivity contribution in [2.24, 2.45) is 0 Å². The fourth-order valence-corrected chi connectivity index (χ4v) is 2.07. The van der Waals surface area contributed by atoms with Gasteiger partial charge in [-0.25, -0.2) is 4.98 Å². The molecule has 0 aliphatic heterocycles. The van der Waals surface area contributed by atoms with E-state index in [1.807, 2.05) is 23.6 Å². The van der Waals surface area contributed by atoms with E-state index in [2.05, 4.69) is 4.98 Å². The summed E-state index contributed by atoms with van der Waals surface area (Å²) in [6, 6.07) is 5.64. The van der Waals surface area contributed by atoms with E-state index in [0.717, 1.165) is 22.8 Å². The molecule has 0 radical (unpaired) electrons. The summed E-state index contributed by atoms with van der Waals surface area (Å²) >= 11 is 1.46. The number of hydrogen-bond acceptors (Lipinski definition) is 4. The molecule has 0 saturated heterocycles. The average Bonchev–Trinajstić information content (AvgIpc) is 2.75. The summed E-state index contributed by atoms with van der Waals surface area (Å²) in [5.41, 5.74) is 7.54. The highest BCUT2D eigenvalue weighted by Crippen LogP contribution is 2.32. The van der Waals surface area contributed by atoms with E-state index in [1.165, 1.54) is 11.3 Å². The van der Waals surface area contributed by atoms with Crippen LogP contribution in [0.15, 0.2) is 23.6 Å². The van der Waals surface area contributed by atoms with E-state index < -0.39 is 0 Å². The van der Waals surface area contributed by atoms with Gasteiger partial charge in [-0.15, -0.1) is 0 Å². The Labute approximate surface area is 97.6 Å². The van der Waals surface area contributed by atoms with Crippen LogP contribution in [0.3, 0.4) is 0 Å². The van der Waals surface area contributed by atoms with Gasteiger partial charge in [0.1, 0.15) is 17.2 Å². The molecule has 5 heteroatoms. The highest BCUT2D eigenvalue weighted by atomic mass is 32.1. The third-order valence-corrected chi connectivity index (χ3v) is 2.97. The molecule has 16 heavy (non-hydrogen) atoms. The molecule has 0 unspecified atom stereocenters. The number of H-pyrrole nitrogens is 1. The molecule has 1 aromatic heterocycles. The van der Waals surface area contributed by atoms with Crippen molar-refractivity contribution in [3.05, 3.63) is 23.6 Å². The van der Waals surface area contributed by atoms with Crippen molar-refractivity contribution in [3.8, 4) is 22.8 Å². The predicted molar refractivity (Wildman–Crippen MR) is 63.8 cm³/mol. The van der Waals surface area contributed by atoms with Crippen LogP contribution in [-0.2, 0) is 0 Å². The number of benzene rings is 1. The minimum absolute atomic E-state index is 0.667. The molecule has 0 fully saturated rings. The molecular weight excluding hydrogens is 224 g/mol. The predicted octanol–water partition coefficient (Wildman–Crippen LogP) is 1.83. The monoisotopic (exact) mass is 237 g/mol. The molecule has 84 valence electrons. The normalized spacial score (nSPS) is 10.1. The van der Waals surface area contributed by atoms with Crippen LogP contribution in [0.2, 0.25) is 0 Å². The van der Waals surface area contributed by atoms with Crippen LogP contribution in [0.25, 0.3) is 11.3 Å². The number of ether oxygens (including phenoxy) is 2. The number of aromatic nitrogens is 1. The Morgan fingerprint density at radius 1 is 1.25 bits per heavy atom. The second kappa shape index (κ2) is 4.40. The Morgan fingerprint density at radius 3 is 2.62 bits per heavy atom. The van der Waals surface area contributed by atoms with Gasteiger partial charge in [-0.05, 0) is 18.2 Å². The molecule has 0 aliphatic rings. The summed E-state index contributed by atoms with van der Waals surface area (Å²) in [7, 11) is 3.28. The molecule has 0 spiro atoms. The zero-order chi connectivity index (χ0) is 11.5. The maximum atomic E-state index is 5.67. The van der Waals surface area contributed by atoms with Crippen LogP contribution >= 0.6 is 11.3 Å². The van der Waals surface area contributed by atoms with Crippen molar-refractivity contribution in [2.75, 3.05) is 20.0 Å². The quantitative estimate of drug-likeness (QED) is 0.886. The smallest absolute Gasteiger partial charge is 0.329 e. The zero-order valence-corrected chi connectivity index (χ0v) is 9.93. The first kappa shape index (κ1) is 10.8. The average molecular weight is 237 g/mol. The highest BCUT2D eigenvalue weighted by molar-refractivity contribution is 7.13. The van der Waals surface area contributed by atoms with Crippen LogP contribution in [0.5, 0.6) is 11.5 Å². The molecular formula is C11H13N2O2S+. The van der Waals surface area contributed by atoms with Gasteiger partial charge in [-0.3, -0.25) is 5.73 Å². The number of nitrogens with two attached hydrogens (primary N) is 1. The Balaban J connectivity index is 2.52. The molecule has 0 saturated carbocycles. The van der Waals surface area contributed by atoms with E-state index in [-0.39, 0.29) is 0 Å². The van der Waals surface area contributed by atoms with Gasteiger partial charge in [-0.1, -0.05) is 11.3 Å². The molecule has 3 N–H and O–H groups in total. The Kier molecular flexibility index (Phi) is 2.96. The largest absolute Gasteiger partial charge is 0.497 e. The summed E-state index contributed by atoms with van der Waals surface area (Å²) in [6.07, 6.45) is 0. The first-order valence-corrected chi connectivity index (χ1v) is 5.61. The van der Waals surface area contributed by atoms with Crippen LogP contribution in [0.4, 0.5) is 5.13 Å². The van der Waals surface area contributed by atoms with Crippen LogP contribution < -0.4 is 20.2 Å². The van der Waals surface area contributed by atoms with Crippen LogP contribution in [0, 0.1) is 0 Å². The number of methoxy groups -OCH3 is 2.